The highest BCUT2D eigenvalue weighted by molar-refractivity contribution is 5.83. The van der Waals surface area contributed by atoms with Gasteiger partial charge in [0.15, 0.2) is 0 Å². The number of carbonyl (C=O) groups excluding carboxylic acids is 1. The zero-order valence-electron chi connectivity index (χ0n) is 14.4. The van der Waals surface area contributed by atoms with Gasteiger partial charge >= 0.3 is 0 Å². The van der Waals surface area contributed by atoms with Crippen LogP contribution in [0.2, 0.25) is 0 Å². The predicted molar refractivity (Wildman–Crippen MR) is 97.1 cm³/mol. The second kappa shape index (κ2) is 7.30. The number of carbonyl (C=O) groups is 1. The van der Waals surface area contributed by atoms with Crippen LogP contribution < -0.4 is 20.3 Å². The Bertz CT molecular complexity index is 774. The Morgan fingerprint density at radius 2 is 1.84 bits per heavy atom. The quantitative estimate of drug-likeness (QED) is 0.762. The SMILES string of the molecule is C=C(NNC(=O)C1CC1c1ccccc1)c1ccc(OC)cc1OC. The first-order valence-electron chi connectivity index (χ1n) is 8.16. The van der Waals surface area contributed by atoms with Gasteiger partial charge in [0.1, 0.15) is 11.5 Å². The van der Waals surface area contributed by atoms with E-state index in [0.717, 1.165) is 12.0 Å². The molecule has 5 nitrogen and oxygen atoms in total. The van der Waals surface area contributed by atoms with Crippen LogP contribution >= 0.6 is 0 Å². The van der Waals surface area contributed by atoms with Crippen molar-refractivity contribution in [2.24, 2.45) is 5.92 Å². The van der Waals surface area contributed by atoms with Gasteiger partial charge in [0.05, 0.1) is 19.9 Å². The Labute approximate surface area is 147 Å². The van der Waals surface area contributed by atoms with Crippen LogP contribution in [0.1, 0.15) is 23.5 Å². The molecule has 2 N–H and O–H groups in total. The van der Waals surface area contributed by atoms with Crippen molar-refractivity contribution in [3.8, 4) is 11.5 Å². The van der Waals surface area contributed by atoms with Crippen molar-refractivity contribution in [2.75, 3.05) is 14.2 Å². The Hall–Kier alpha value is -2.95. The van der Waals surface area contributed by atoms with Crippen LogP contribution in [0, 0.1) is 5.92 Å². The molecule has 2 aromatic rings. The highest BCUT2D eigenvalue weighted by atomic mass is 16.5. The number of methoxy groups -OCH3 is 2. The largest absolute Gasteiger partial charge is 0.497 e. The van der Waals surface area contributed by atoms with Crippen LogP contribution in [-0.2, 0) is 4.79 Å². The van der Waals surface area contributed by atoms with Gasteiger partial charge in [-0.3, -0.25) is 15.6 Å². The van der Waals surface area contributed by atoms with Crippen LogP contribution in [-0.4, -0.2) is 20.1 Å². The van der Waals surface area contributed by atoms with E-state index in [9.17, 15) is 4.79 Å². The summed E-state index contributed by atoms with van der Waals surface area (Å²) >= 11 is 0. The van der Waals surface area contributed by atoms with Crippen molar-refractivity contribution >= 4 is 11.6 Å². The van der Waals surface area contributed by atoms with Gasteiger partial charge < -0.3 is 9.47 Å². The lowest BCUT2D eigenvalue weighted by atomic mass is 10.1. The molecule has 25 heavy (non-hydrogen) atoms. The van der Waals surface area contributed by atoms with Crippen LogP contribution in [0.15, 0.2) is 55.1 Å². The van der Waals surface area contributed by atoms with E-state index >= 15 is 0 Å². The standard InChI is InChI=1S/C20H22N2O3/c1-13(16-10-9-15(24-2)11-19(16)25-3)21-22-20(23)18-12-17(18)14-7-5-4-6-8-14/h4-11,17-18,21H,1,12H2,2-3H3,(H,22,23). The average molecular weight is 338 g/mol. The molecule has 2 aromatic carbocycles. The minimum Gasteiger partial charge on any atom is -0.497 e. The van der Waals surface area contributed by atoms with E-state index in [4.69, 9.17) is 9.47 Å². The molecule has 0 aromatic heterocycles. The van der Waals surface area contributed by atoms with Crippen molar-refractivity contribution < 1.29 is 14.3 Å². The fourth-order valence-electron chi connectivity index (χ4n) is 2.90. The third-order valence-corrected chi connectivity index (χ3v) is 4.43. The molecule has 2 unspecified atom stereocenters. The van der Waals surface area contributed by atoms with E-state index in [1.165, 1.54) is 5.56 Å². The smallest absolute Gasteiger partial charge is 0.242 e. The third kappa shape index (κ3) is 3.76. The fourth-order valence-corrected chi connectivity index (χ4v) is 2.90. The number of amides is 1. The van der Waals surface area contributed by atoms with Crippen molar-refractivity contribution in [3.05, 3.63) is 66.2 Å². The van der Waals surface area contributed by atoms with E-state index < -0.39 is 0 Å². The lowest BCUT2D eigenvalue weighted by Crippen LogP contribution is -2.37. The molecule has 5 heteroatoms. The maximum atomic E-state index is 12.3. The number of nitrogens with one attached hydrogen (secondary N) is 2. The average Bonchev–Trinajstić information content (AvgIpc) is 3.47. The molecular formula is C20H22N2O3. The minimum atomic E-state index is -0.0255. The lowest BCUT2D eigenvalue weighted by molar-refractivity contribution is -0.123. The summed E-state index contributed by atoms with van der Waals surface area (Å²) < 4.78 is 10.5. The number of benzene rings is 2. The molecule has 1 aliphatic carbocycles. The summed E-state index contributed by atoms with van der Waals surface area (Å²) in [7, 11) is 3.18. The summed E-state index contributed by atoms with van der Waals surface area (Å²) in [5.74, 6) is 1.59. The molecule has 1 fully saturated rings. The molecule has 0 radical (unpaired) electrons. The van der Waals surface area contributed by atoms with Gasteiger partial charge in [-0.1, -0.05) is 36.9 Å². The predicted octanol–water partition coefficient (Wildman–Crippen LogP) is 3.10. The van der Waals surface area contributed by atoms with Crippen molar-refractivity contribution in [1.82, 2.24) is 10.9 Å². The molecule has 0 aliphatic heterocycles. The lowest BCUT2D eigenvalue weighted by Gasteiger charge is -2.15. The highest BCUT2D eigenvalue weighted by Crippen LogP contribution is 2.47. The van der Waals surface area contributed by atoms with Gasteiger partial charge in [0, 0.05) is 17.5 Å². The first-order valence-corrected chi connectivity index (χ1v) is 8.16. The van der Waals surface area contributed by atoms with Crippen LogP contribution in [0.5, 0.6) is 11.5 Å². The van der Waals surface area contributed by atoms with Crippen LogP contribution in [0.3, 0.4) is 0 Å². The third-order valence-electron chi connectivity index (χ3n) is 4.43. The summed E-state index contributed by atoms with van der Waals surface area (Å²) in [6, 6.07) is 15.5. The Morgan fingerprint density at radius 3 is 2.52 bits per heavy atom. The number of hydrogen-bond donors (Lipinski definition) is 2. The van der Waals surface area contributed by atoms with Crippen molar-refractivity contribution in [3.63, 3.8) is 0 Å². The zero-order valence-corrected chi connectivity index (χ0v) is 14.4. The highest BCUT2D eigenvalue weighted by Gasteiger charge is 2.43. The molecule has 130 valence electrons. The second-order valence-corrected chi connectivity index (χ2v) is 6.02. The van der Waals surface area contributed by atoms with Gasteiger partial charge in [-0.2, -0.15) is 0 Å². The molecular weight excluding hydrogens is 316 g/mol. The minimum absolute atomic E-state index is 0.000429. The summed E-state index contributed by atoms with van der Waals surface area (Å²) in [4.78, 5) is 12.3. The monoisotopic (exact) mass is 338 g/mol. The number of hydrazine groups is 1. The molecule has 1 amide bonds. The van der Waals surface area contributed by atoms with Crippen LogP contribution in [0.25, 0.3) is 5.70 Å². The van der Waals surface area contributed by atoms with E-state index in [-0.39, 0.29) is 11.8 Å². The topological polar surface area (TPSA) is 59.6 Å². The van der Waals surface area contributed by atoms with Gasteiger partial charge in [0.2, 0.25) is 5.91 Å². The maximum Gasteiger partial charge on any atom is 0.242 e. The molecule has 1 aliphatic rings. The number of hydrogen-bond acceptors (Lipinski definition) is 4. The number of rotatable bonds is 7. The van der Waals surface area contributed by atoms with Gasteiger partial charge in [-0.15, -0.1) is 0 Å². The fraction of sp³-hybridized carbons (Fsp3) is 0.250. The molecule has 0 spiro atoms. The van der Waals surface area contributed by atoms with Crippen LogP contribution in [0.4, 0.5) is 0 Å². The Balaban J connectivity index is 1.57. The normalized spacial score (nSPS) is 18.2. The van der Waals surface area contributed by atoms with E-state index in [1.54, 1.807) is 20.3 Å². The van der Waals surface area contributed by atoms with E-state index in [2.05, 4.69) is 29.6 Å². The molecule has 1 saturated carbocycles. The van der Waals surface area contributed by atoms with Gasteiger partial charge in [-0.25, -0.2) is 0 Å². The van der Waals surface area contributed by atoms with E-state index in [0.29, 0.717) is 23.1 Å². The Kier molecular flexibility index (Phi) is 4.93. The van der Waals surface area contributed by atoms with E-state index in [1.807, 2.05) is 30.3 Å². The molecule has 0 bridgehead atoms. The molecule has 0 saturated heterocycles. The molecule has 0 heterocycles. The van der Waals surface area contributed by atoms with Crippen molar-refractivity contribution in [2.45, 2.75) is 12.3 Å². The van der Waals surface area contributed by atoms with Crippen molar-refractivity contribution in [1.29, 1.82) is 0 Å². The maximum absolute atomic E-state index is 12.3. The summed E-state index contributed by atoms with van der Waals surface area (Å²) in [6.45, 7) is 3.97. The van der Waals surface area contributed by atoms with Gasteiger partial charge in [0.25, 0.3) is 0 Å². The summed E-state index contributed by atoms with van der Waals surface area (Å²) in [5, 5.41) is 0. The zero-order chi connectivity index (χ0) is 17.8. The summed E-state index contributed by atoms with van der Waals surface area (Å²) in [6.07, 6.45) is 0.871. The first-order chi connectivity index (χ1) is 12.1. The van der Waals surface area contributed by atoms with Gasteiger partial charge in [-0.05, 0) is 30.0 Å². The number of ether oxygens (including phenoxy) is 2. The summed E-state index contributed by atoms with van der Waals surface area (Å²) in [5.41, 5.74) is 8.17. The molecule has 3 rings (SSSR count). The molecule has 2 atom stereocenters. The Morgan fingerprint density at radius 1 is 1.08 bits per heavy atom. The second-order valence-electron chi connectivity index (χ2n) is 6.02. The first kappa shape index (κ1) is 16.9.